The molecule has 2 heterocycles. The molecule has 3 amide bonds. The molecule has 0 saturated carbocycles. The zero-order chi connectivity index (χ0) is 24.9. The highest BCUT2D eigenvalue weighted by atomic mass is 35.5. The highest BCUT2D eigenvalue weighted by Gasteiger charge is 2.31. The molecule has 0 radical (unpaired) electrons. The highest BCUT2D eigenvalue weighted by Crippen LogP contribution is 2.35. The van der Waals surface area contributed by atoms with Crippen LogP contribution in [-0.4, -0.2) is 60.4 Å². The number of para-hydroxylation sites is 1. The van der Waals surface area contributed by atoms with E-state index in [4.69, 9.17) is 9.72 Å². The van der Waals surface area contributed by atoms with Crippen LogP contribution in [0.5, 0.6) is 5.75 Å². The van der Waals surface area contributed by atoms with Gasteiger partial charge in [0.05, 0.1) is 17.0 Å². The first-order valence-corrected chi connectivity index (χ1v) is 12.8. The van der Waals surface area contributed by atoms with Crippen molar-refractivity contribution in [3.8, 4) is 5.75 Å². The lowest BCUT2D eigenvalue weighted by Gasteiger charge is -2.25. The predicted molar refractivity (Wildman–Crippen MR) is 146 cm³/mol. The van der Waals surface area contributed by atoms with E-state index in [9.17, 15) is 14.4 Å². The summed E-state index contributed by atoms with van der Waals surface area (Å²) in [5, 5.41) is 0.586. The Hall–Kier alpha value is -3.01. The molecule has 1 fully saturated rings. The third-order valence-electron chi connectivity index (χ3n) is 6.08. The Morgan fingerprint density at radius 2 is 1.72 bits per heavy atom. The van der Waals surface area contributed by atoms with Crippen LogP contribution < -0.4 is 14.5 Å². The number of nitrogens with zero attached hydrogens (tertiary/aromatic N) is 4. The van der Waals surface area contributed by atoms with Crippen LogP contribution >= 0.6 is 23.7 Å². The van der Waals surface area contributed by atoms with Crippen molar-refractivity contribution in [3.05, 3.63) is 48.0 Å². The van der Waals surface area contributed by atoms with Crippen molar-refractivity contribution in [2.45, 2.75) is 33.6 Å². The summed E-state index contributed by atoms with van der Waals surface area (Å²) in [5.41, 5.74) is 1.56. The van der Waals surface area contributed by atoms with Crippen LogP contribution in [0.2, 0.25) is 0 Å². The number of fused-ring (bicyclic) bond motifs is 1. The summed E-state index contributed by atoms with van der Waals surface area (Å²) in [6.45, 7) is 9.53. The van der Waals surface area contributed by atoms with Crippen LogP contribution in [0, 0.1) is 0 Å². The quantitative estimate of drug-likeness (QED) is 0.351. The van der Waals surface area contributed by atoms with Crippen molar-refractivity contribution in [2.75, 3.05) is 42.6 Å². The van der Waals surface area contributed by atoms with Gasteiger partial charge in [-0.25, -0.2) is 4.98 Å². The maximum Gasteiger partial charge on any atom is 0.260 e. The molecule has 10 heteroatoms. The molecule has 8 nitrogen and oxygen atoms in total. The molecule has 36 heavy (non-hydrogen) atoms. The van der Waals surface area contributed by atoms with Gasteiger partial charge >= 0.3 is 0 Å². The fourth-order valence-corrected chi connectivity index (χ4v) is 5.17. The molecule has 1 aliphatic heterocycles. The third kappa shape index (κ3) is 5.69. The molecule has 1 aromatic heterocycles. The second kappa shape index (κ2) is 12.3. The Balaban J connectivity index is 0.00000361. The van der Waals surface area contributed by atoms with E-state index < -0.39 is 0 Å². The lowest BCUT2D eigenvalue weighted by Crippen LogP contribution is -2.39. The van der Waals surface area contributed by atoms with Crippen LogP contribution in [0.1, 0.15) is 44.0 Å². The Morgan fingerprint density at radius 3 is 2.39 bits per heavy atom. The van der Waals surface area contributed by atoms with E-state index in [1.807, 2.05) is 25.1 Å². The molecule has 3 aromatic rings. The van der Waals surface area contributed by atoms with Crippen molar-refractivity contribution in [1.29, 1.82) is 0 Å². The SMILES string of the molecule is CCOc1cccc2sc(N(CCN(CC)CC)C(=O)c3cccc(N4C(=O)CCC4=O)c3)nc12.Cl. The van der Waals surface area contributed by atoms with Gasteiger partial charge in [0.25, 0.3) is 5.91 Å². The lowest BCUT2D eigenvalue weighted by atomic mass is 10.1. The third-order valence-corrected chi connectivity index (χ3v) is 7.13. The fourth-order valence-electron chi connectivity index (χ4n) is 4.16. The molecular weight excluding hydrogens is 500 g/mol. The number of aromatic nitrogens is 1. The van der Waals surface area contributed by atoms with Crippen LogP contribution in [0.15, 0.2) is 42.5 Å². The van der Waals surface area contributed by atoms with Crippen LogP contribution in [0.3, 0.4) is 0 Å². The van der Waals surface area contributed by atoms with Crippen molar-refractivity contribution < 1.29 is 19.1 Å². The standard InChI is InChI=1S/C26H30N4O4S.ClH/c1-4-28(5-2)15-16-29(26-27-24-20(34-6-3)11-8-12-21(24)35-26)25(33)18-9-7-10-19(17-18)30-22(31)13-14-23(30)32;/h7-12,17H,4-6,13-16H2,1-3H3;1H. The minimum atomic E-state index is -0.243. The van der Waals surface area contributed by atoms with Gasteiger partial charge in [0.1, 0.15) is 11.3 Å². The van der Waals surface area contributed by atoms with E-state index >= 15 is 0 Å². The number of anilines is 2. The normalized spacial score (nSPS) is 13.4. The highest BCUT2D eigenvalue weighted by molar-refractivity contribution is 7.22. The number of hydrogen-bond acceptors (Lipinski definition) is 7. The summed E-state index contributed by atoms with van der Waals surface area (Å²) in [5.74, 6) is -0.0213. The number of halogens is 1. The van der Waals surface area contributed by atoms with Crippen LogP contribution in [-0.2, 0) is 9.59 Å². The summed E-state index contributed by atoms with van der Waals surface area (Å²) < 4.78 is 6.68. The largest absolute Gasteiger partial charge is 0.492 e. The summed E-state index contributed by atoms with van der Waals surface area (Å²) >= 11 is 1.44. The second-order valence-corrected chi connectivity index (χ2v) is 9.20. The molecule has 0 atom stereocenters. The molecule has 4 rings (SSSR count). The van der Waals surface area contributed by atoms with Gasteiger partial charge in [-0.05, 0) is 50.3 Å². The molecule has 1 aliphatic rings. The van der Waals surface area contributed by atoms with E-state index in [2.05, 4.69) is 18.7 Å². The number of carbonyl (C=O) groups excluding carboxylic acids is 3. The maximum absolute atomic E-state index is 13.8. The van der Waals surface area contributed by atoms with E-state index in [1.165, 1.54) is 16.2 Å². The van der Waals surface area contributed by atoms with Crippen molar-refractivity contribution in [3.63, 3.8) is 0 Å². The molecule has 2 aromatic carbocycles. The molecule has 0 bridgehead atoms. The minimum Gasteiger partial charge on any atom is -0.492 e. The summed E-state index contributed by atoms with van der Waals surface area (Å²) in [4.78, 5) is 48.2. The molecule has 0 N–H and O–H groups in total. The smallest absolute Gasteiger partial charge is 0.260 e. The number of carbonyl (C=O) groups is 3. The van der Waals surface area contributed by atoms with E-state index in [1.54, 1.807) is 29.2 Å². The Morgan fingerprint density at radius 1 is 1.03 bits per heavy atom. The van der Waals surface area contributed by atoms with E-state index in [-0.39, 0.29) is 43.0 Å². The van der Waals surface area contributed by atoms with Gasteiger partial charge < -0.3 is 9.64 Å². The molecule has 0 spiro atoms. The van der Waals surface area contributed by atoms with Crippen LogP contribution in [0.4, 0.5) is 10.8 Å². The Labute approximate surface area is 221 Å². The van der Waals surface area contributed by atoms with Gasteiger partial charge in [-0.1, -0.05) is 37.3 Å². The number of ether oxygens (including phenoxy) is 1. The second-order valence-electron chi connectivity index (χ2n) is 8.19. The molecule has 192 valence electrons. The molecule has 0 aliphatic carbocycles. The molecule has 1 saturated heterocycles. The first-order chi connectivity index (χ1) is 17.0. The zero-order valence-electron chi connectivity index (χ0n) is 20.7. The van der Waals surface area contributed by atoms with Crippen LogP contribution in [0.25, 0.3) is 10.2 Å². The van der Waals surface area contributed by atoms with E-state index in [0.29, 0.717) is 41.8 Å². The average molecular weight is 531 g/mol. The van der Waals surface area contributed by atoms with Gasteiger partial charge in [-0.3, -0.25) is 24.2 Å². The topological polar surface area (TPSA) is 83.0 Å². The Bertz CT molecular complexity index is 1230. The van der Waals surface area contributed by atoms with Crippen molar-refractivity contribution in [2.24, 2.45) is 0 Å². The zero-order valence-corrected chi connectivity index (χ0v) is 22.4. The van der Waals surface area contributed by atoms with Gasteiger partial charge in [-0.15, -0.1) is 12.4 Å². The number of benzene rings is 2. The fraction of sp³-hybridized carbons (Fsp3) is 0.385. The predicted octanol–water partition coefficient (Wildman–Crippen LogP) is 4.76. The lowest BCUT2D eigenvalue weighted by molar-refractivity contribution is -0.121. The van der Waals surface area contributed by atoms with Crippen molar-refractivity contribution >= 4 is 62.5 Å². The van der Waals surface area contributed by atoms with Gasteiger partial charge in [-0.2, -0.15) is 0 Å². The van der Waals surface area contributed by atoms with Gasteiger partial charge in [0, 0.05) is 31.5 Å². The maximum atomic E-state index is 13.8. The first-order valence-electron chi connectivity index (χ1n) is 12.0. The first kappa shape index (κ1) is 27.6. The monoisotopic (exact) mass is 530 g/mol. The van der Waals surface area contributed by atoms with Gasteiger partial charge in [0.15, 0.2) is 5.13 Å². The summed E-state index contributed by atoms with van der Waals surface area (Å²) in [6, 6.07) is 12.5. The molecular formula is C26H31ClN4O4S. The number of likely N-dealkylation sites (N-methyl/N-ethyl adjacent to an activating group) is 1. The van der Waals surface area contributed by atoms with Gasteiger partial charge in [0.2, 0.25) is 11.8 Å². The van der Waals surface area contributed by atoms with E-state index in [0.717, 1.165) is 23.3 Å². The molecule has 0 unspecified atom stereocenters. The number of hydrogen-bond donors (Lipinski definition) is 0. The summed E-state index contributed by atoms with van der Waals surface area (Å²) in [7, 11) is 0. The minimum absolute atomic E-state index is 0. The summed E-state index contributed by atoms with van der Waals surface area (Å²) in [6.07, 6.45) is 0.391. The average Bonchev–Trinajstić information content (AvgIpc) is 3.45. The number of thiazole rings is 1. The number of rotatable bonds is 10. The number of amides is 3. The number of imide groups is 1. The Kier molecular flexibility index (Phi) is 9.42. The van der Waals surface area contributed by atoms with Crippen molar-refractivity contribution in [1.82, 2.24) is 9.88 Å².